The number of fused-ring (bicyclic) bond motifs is 1. The first-order chi connectivity index (χ1) is 9.24. The molecular formula is C14H16N4S. The van der Waals surface area contributed by atoms with Gasteiger partial charge in [-0.15, -0.1) is 11.3 Å². The van der Waals surface area contributed by atoms with E-state index in [0.29, 0.717) is 6.04 Å². The molecule has 3 rings (SSSR count). The summed E-state index contributed by atoms with van der Waals surface area (Å²) in [5, 5.41) is 3.48. The van der Waals surface area contributed by atoms with E-state index < -0.39 is 0 Å². The summed E-state index contributed by atoms with van der Waals surface area (Å²) in [5.41, 5.74) is 5.10. The fraction of sp³-hybridized carbons (Fsp3) is 0.286. The number of benzene rings is 1. The van der Waals surface area contributed by atoms with Gasteiger partial charge in [0.05, 0.1) is 28.8 Å². The van der Waals surface area contributed by atoms with Crippen LogP contribution >= 0.6 is 11.3 Å². The summed E-state index contributed by atoms with van der Waals surface area (Å²) in [5.74, 6) is 0.968. The molecule has 0 spiro atoms. The van der Waals surface area contributed by atoms with E-state index in [4.69, 9.17) is 0 Å². The number of hydrogen-bond acceptors (Lipinski definition) is 4. The van der Waals surface area contributed by atoms with Crippen LogP contribution in [-0.2, 0) is 6.54 Å². The molecule has 1 aromatic carbocycles. The third-order valence-electron chi connectivity index (χ3n) is 3.19. The Bertz CT molecular complexity index is 652. The summed E-state index contributed by atoms with van der Waals surface area (Å²) in [7, 11) is 0. The van der Waals surface area contributed by atoms with Crippen molar-refractivity contribution in [2.45, 2.75) is 26.4 Å². The van der Waals surface area contributed by atoms with Gasteiger partial charge in [-0.25, -0.2) is 9.97 Å². The number of para-hydroxylation sites is 2. The number of aromatic amines is 1. The average Bonchev–Trinajstić information content (AvgIpc) is 3.01. The number of thiazole rings is 1. The smallest absolute Gasteiger partial charge is 0.121 e. The molecule has 0 saturated carbocycles. The quantitative estimate of drug-likeness (QED) is 0.767. The molecular weight excluding hydrogens is 256 g/mol. The van der Waals surface area contributed by atoms with Crippen LogP contribution in [0.3, 0.4) is 0 Å². The Morgan fingerprint density at radius 1 is 1.37 bits per heavy atom. The largest absolute Gasteiger partial charge is 0.341 e. The predicted octanol–water partition coefficient (Wildman–Crippen LogP) is 3.18. The minimum Gasteiger partial charge on any atom is -0.341 e. The topological polar surface area (TPSA) is 53.6 Å². The van der Waals surface area contributed by atoms with Crippen molar-refractivity contribution in [1.82, 2.24) is 20.3 Å². The Balaban J connectivity index is 1.70. The fourth-order valence-electron chi connectivity index (χ4n) is 2.16. The van der Waals surface area contributed by atoms with E-state index in [1.807, 2.05) is 36.7 Å². The van der Waals surface area contributed by atoms with Gasteiger partial charge in [0.25, 0.3) is 0 Å². The lowest BCUT2D eigenvalue weighted by Crippen LogP contribution is -2.18. The van der Waals surface area contributed by atoms with Gasteiger partial charge in [-0.2, -0.15) is 0 Å². The highest BCUT2D eigenvalue weighted by molar-refractivity contribution is 7.09. The van der Waals surface area contributed by atoms with Crippen molar-refractivity contribution in [3.05, 3.63) is 46.2 Å². The highest BCUT2D eigenvalue weighted by atomic mass is 32.1. The molecule has 0 aliphatic rings. The molecule has 0 aliphatic heterocycles. The number of aryl methyl sites for hydroxylation is 1. The van der Waals surface area contributed by atoms with E-state index in [9.17, 15) is 0 Å². The molecule has 4 nitrogen and oxygen atoms in total. The number of aromatic nitrogens is 3. The van der Waals surface area contributed by atoms with E-state index in [1.165, 1.54) is 4.88 Å². The second-order valence-electron chi connectivity index (χ2n) is 4.61. The summed E-state index contributed by atoms with van der Waals surface area (Å²) in [6.45, 7) is 4.93. The summed E-state index contributed by atoms with van der Waals surface area (Å²) in [6.07, 6.45) is 0. The fourth-order valence-corrected chi connectivity index (χ4v) is 2.99. The molecule has 0 bridgehead atoms. The van der Waals surface area contributed by atoms with Gasteiger partial charge >= 0.3 is 0 Å². The zero-order chi connectivity index (χ0) is 13.2. The zero-order valence-electron chi connectivity index (χ0n) is 11.0. The highest BCUT2D eigenvalue weighted by Gasteiger charge is 2.11. The molecule has 98 valence electrons. The van der Waals surface area contributed by atoms with E-state index in [1.54, 1.807) is 11.3 Å². The standard InChI is InChI=1S/C14H16N4S/c1-9(14-10(2)16-8-19-14)15-7-13-17-11-5-3-4-6-12(11)18-13/h3-6,8-9,15H,7H2,1-2H3,(H,17,18). The second kappa shape index (κ2) is 5.11. The van der Waals surface area contributed by atoms with Gasteiger partial charge in [0, 0.05) is 10.9 Å². The number of rotatable bonds is 4. The van der Waals surface area contributed by atoms with E-state index in [2.05, 4.69) is 27.2 Å². The van der Waals surface area contributed by atoms with Crippen LogP contribution < -0.4 is 5.32 Å². The lowest BCUT2D eigenvalue weighted by atomic mass is 10.2. The molecule has 19 heavy (non-hydrogen) atoms. The molecule has 2 N–H and O–H groups in total. The summed E-state index contributed by atoms with van der Waals surface area (Å²) in [6, 6.07) is 8.38. The first-order valence-corrected chi connectivity index (χ1v) is 7.19. The SMILES string of the molecule is Cc1ncsc1C(C)NCc1nc2ccccc2[nH]1. The monoisotopic (exact) mass is 272 g/mol. The third kappa shape index (κ3) is 2.52. The second-order valence-corrected chi connectivity index (χ2v) is 5.49. The van der Waals surface area contributed by atoms with E-state index in [-0.39, 0.29) is 0 Å². The normalized spacial score (nSPS) is 12.9. The Labute approximate surface area is 115 Å². The van der Waals surface area contributed by atoms with Gasteiger partial charge in [-0.05, 0) is 26.0 Å². The van der Waals surface area contributed by atoms with Crippen molar-refractivity contribution >= 4 is 22.4 Å². The molecule has 3 aromatic rings. The van der Waals surface area contributed by atoms with Crippen molar-refractivity contribution in [3.63, 3.8) is 0 Å². The molecule has 0 radical (unpaired) electrons. The van der Waals surface area contributed by atoms with E-state index in [0.717, 1.165) is 29.1 Å². The van der Waals surface area contributed by atoms with Crippen LogP contribution in [-0.4, -0.2) is 15.0 Å². The Kier molecular flexibility index (Phi) is 3.31. The summed E-state index contributed by atoms with van der Waals surface area (Å²) in [4.78, 5) is 13.5. The van der Waals surface area contributed by atoms with E-state index >= 15 is 0 Å². The van der Waals surface area contributed by atoms with Gasteiger partial charge in [0.15, 0.2) is 0 Å². The Morgan fingerprint density at radius 3 is 2.95 bits per heavy atom. The predicted molar refractivity (Wildman–Crippen MR) is 78.2 cm³/mol. The summed E-state index contributed by atoms with van der Waals surface area (Å²) >= 11 is 1.69. The zero-order valence-corrected chi connectivity index (χ0v) is 11.8. The molecule has 0 saturated heterocycles. The number of hydrogen-bond donors (Lipinski definition) is 2. The first-order valence-electron chi connectivity index (χ1n) is 6.31. The lowest BCUT2D eigenvalue weighted by molar-refractivity contribution is 0.567. The van der Waals surface area contributed by atoms with Gasteiger partial charge in [-0.1, -0.05) is 12.1 Å². The van der Waals surface area contributed by atoms with Crippen LogP contribution in [0.1, 0.15) is 29.4 Å². The van der Waals surface area contributed by atoms with Gasteiger partial charge in [0.1, 0.15) is 5.82 Å². The summed E-state index contributed by atoms with van der Waals surface area (Å²) < 4.78 is 0. The number of nitrogens with zero attached hydrogens (tertiary/aromatic N) is 2. The van der Waals surface area contributed by atoms with Crippen LogP contribution in [0.15, 0.2) is 29.8 Å². The average molecular weight is 272 g/mol. The maximum absolute atomic E-state index is 4.56. The minimum absolute atomic E-state index is 0.292. The minimum atomic E-state index is 0.292. The number of imidazole rings is 1. The molecule has 0 aliphatic carbocycles. The van der Waals surface area contributed by atoms with Crippen LogP contribution in [0.2, 0.25) is 0 Å². The molecule has 0 amide bonds. The van der Waals surface area contributed by atoms with Crippen molar-refractivity contribution in [2.24, 2.45) is 0 Å². The van der Waals surface area contributed by atoms with Crippen molar-refractivity contribution in [3.8, 4) is 0 Å². The van der Waals surface area contributed by atoms with Gasteiger partial charge in [0.2, 0.25) is 0 Å². The maximum atomic E-state index is 4.56. The van der Waals surface area contributed by atoms with Crippen LogP contribution in [0, 0.1) is 6.92 Å². The first kappa shape index (κ1) is 12.3. The molecule has 5 heteroatoms. The molecule has 1 atom stereocenters. The van der Waals surface area contributed by atoms with Crippen LogP contribution in [0.5, 0.6) is 0 Å². The maximum Gasteiger partial charge on any atom is 0.121 e. The molecule has 0 fully saturated rings. The number of nitrogens with one attached hydrogen (secondary N) is 2. The Morgan fingerprint density at radius 2 is 2.21 bits per heavy atom. The lowest BCUT2D eigenvalue weighted by Gasteiger charge is -2.11. The van der Waals surface area contributed by atoms with Gasteiger partial charge in [-0.3, -0.25) is 0 Å². The molecule has 2 aromatic heterocycles. The van der Waals surface area contributed by atoms with Crippen molar-refractivity contribution in [2.75, 3.05) is 0 Å². The molecule has 1 unspecified atom stereocenters. The van der Waals surface area contributed by atoms with Gasteiger partial charge < -0.3 is 10.3 Å². The number of H-pyrrole nitrogens is 1. The molecule has 2 heterocycles. The van der Waals surface area contributed by atoms with Crippen molar-refractivity contribution in [1.29, 1.82) is 0 Å². The van der Waals surface area contributed by atoms with Crippen LogP contribution in [0.25, 0.3) is 11.0 Å². The van der Waals surface area contributed by atoms with Crippen molar-refractivity contribution < 1.29 is 0 Å². The highest BCUT2D eigenvalue weighted by Crippen LogP contribution is 2.21. The third-order valence-corrected chi connectivity index (χ3v) is 4.30. The van der Waals surface area contributed by atoms with Crippen LogP contribution in [0.4, 0.5) is 0 Å². The Hall–Kier alpha value is -1.72.